The van der Waals surface area contributed by atoms with Crippen LogP contribution in [-0.4, -0.2) is 11.8 Å². The average Bonchev–Trinajstić information content (AvgIpc) is 3.40. The van der Waals surface area contributed by atoms with Crippen LogP contribution in [0.15, 0.2) is 97.1 Å². The number of unbranched alkanes of at least 4 members (excludes halogenated alkanes) is 1. The van der Waals surface area contributed by atoms with Crippen LogP contribution in [0.4, 0.5) is 0 Å². The van der Waals surface area contributed by atoms with Gasteiger partial charge in [-0.1, -0.05) is 97.1 Å². The average molecular weight is 473 g/mol. The van der Waals surface area contributed by atoms with Crippen molar-refractivity contribution in [2.45, 2.75) is 37.8 Å². The molecule has 0 aromatic heterocycles. The molecule has 6 rings (SSSR count). The van der Waals surface area contributed by atoms with Gasteiger partial charge in [0.05, 0.1) is 12.1 Å². The molecule has 0 saturated heterocycles. The summed E-state index contributed by atoms with van der Waals surface area (Å²) in [5.74, 6) is 0.0381. The predicted octanol–water partition coefficient (Wildman–Crippen LogP) is 6.32. The van der Waals surface area contributed by atoms with Crippen LogP contribution in [0.25, 0.3) is 22.3 Å². The van der Waals surface area contributed by atoms with Gasteiger partial charge in [-0.3, -0.25) is 9.59 Å². The predicted molar refractivity (Wildman–Crippen MR) is 142 cm³/mol. The van der Waals surface area contributed by atoms with Crippen molar-refractivity contribution in [3.63, 3.8) is 0 Å². The van der Waals surface area contributed by atoms with E-state index in [0.29, 0.717) is 25.7 Å². The molecule has 0 saturated carbocycles. The summed E-state index contributed by atoms with van der Waals surface area (Å²) in [5, 5.41) is 6.44. The Bertz CT molecular complexity index is 1260. The van der Waals surface area contributed by atoms with Gasteiger partial charge in [0.15, 0.2) is 0 Å². The first-order valence-corrected chi connectivity index (χ1v) is 12.7. The SMILES string of the molecule is O=C(CCCCC(=O)NC1c2ccccc2-c2ccccc21)NC1c2ccccc2-c2ccccc21. The van der Waals surface area contributed by atoms with Crippen LogP contribution in [0.3, 0.4) is 0 Å². The summed E-state index contributed by atoms with van der Waals surface area (Å²) < 4.78 is 0. The number of fused-ring (bicyclic) bond motifs is 6. The summed E-state index contributed by atoms with van der Waals surface area (Å²) in [6, 6.07) is 32.8. The molecular formula is C32H28N2O2. The van der Waals surface area contributed by atoms with Crippen LogP contribution in [0.2, 0.25) is 0 Å². The maximum Gasteiger partial charge on any atom is 0.220 e. The van der Waals surface area contributed by atoms with E-state index in [1.54, 1.807) is 0 Å². The van der Waals surface area contributed by atoms with E-state index in [0.717, 1.165) is 22.3 Å². The van der Waals surface area contributed by atoms with Gasteiger partial charge in [-0.05, 0) is 57.3 Å². The molecule has 2 aliphatic rings. The molecule has 0 aliphatic heterocycles. The summed E-state index contributed by atoms with van der Waals surface area (Å²) in [6.07, 6.45) is 2.16. The third-order valence-corrected chi connectivity index (χ3v) is 7.34. The highest BCUT2D eigenvalue weighted by molar-refractivity contribution is 5.84. The van der Waals surface area contributed by atoms with Crippen molar-refractivity contribution in [2.75, 3.05) is 0 Å². The fraction of sp³-hybridized carbons (Fsp3) is 0.188. The van der Waals surface area contributed by atoms with Crippen molar-refractivity contribution in [2.24, 2.45) is 0 Å². The van der Waals surface area contributed by atoms with Gasteiger partial charge in [-0.15, -0.1) is 0 Å². The number of rotatable bonds is 7. The van der Waals surface area contributed by atoms with E-state index in [-0.39, 0.29) is 23.9 Å². The number of amides is 2. The van der Waals surface area contributed by atoms with Gasteiger partial charge in [0, 0.05) is 12.8 Å². The fourth-order valence-electron chi connectivity index (χ4n) is 5.66. The molecule has 0 unspecified atom stereocenters. The lowest BCUT2D eigenvalue weighted by molar-refractivity contribution is -0.123. The molecule has 2 N–H and O–H groups in total. The molecule has 0 spiro atoms. The Hall–Kier alpha value is -4.18. The molecule has 178 valence electrons. The summed E-state index contributed by atoms with van der Waals surface area (Å²) >= 11 is 0. The Morgan fingerprint density at radius 1 is 0.472 bits per heavy atom. The minimum atomic E-state index is -0.115. The molecule has 4 heteroatoms. The Kier molecular flexibility index (Phi) is 5.86. The van der Waals surface area contributed by atoms with E-state index < -0.39 is 0 Å². The largest absolute Gasteiger partial charge is 0.345 e. The van der Waals surface area contributed by atoms with Gasteiger partial charge in [0.1, 0.15) is 0 Å². The molecule has 0 atom stereocenters. The second kappa shape index (κ2) is 9.46. The zero-order chi connectivity index (χ0) is 24.5. The number of carbonyl (C=O) groups is 2. The van der Waals surface area contributed by atoms with Crippen LogP contribution in [0.1, 0.15) is 60.0 Å². The van der Waals surface area contributed by atoms with E-state index in [4.69, 9.17) is 0 Å². The van der Waals surface area contributed by atoms with E-state index in [1.807, 2.05) is 48.5 Å². The van der Waals surface area contributed by atoms with Crippen LogP contribution in [0, 0.1) is 0 Å². The van der Waals surface area contributed by atoms with Gasteiger partial charge in [0.25, 0.3) is 0 Å². The zero-order valence-corrected chi connectivity index (χ0v) is 20.0. The van der Waals surface area contributed by atoms with Crippen molar-refractivity contribution >= 4 is 11.8 Å². The highest BCUT2D eigenvalue weighted by Gasteiger charge is 2.30. The van der Waals surface area contributed by atoms with Crippen molar-refractivity contribution < 1.29 is 9.59 Å². The van der Waals surface area contributed by atoms with Gasteiger partial charge < -0.3 is 10.6 Å². The molecule has 0 heterocycles. The lowest BCUT2D eigenvalue weighted by Crippen LogP contribution is -2.29. The third-order valence-electron chi connectivity index (χ3n) is 7.34. The number of nitrogens with one attached hydrogen (secondary N) is 2. The molecule has 4 aromatic carbocycles. The van der Waals surface area contributed by atoms with Crippen LogP contribution in [-0.2, 0) is 9.59 Å². The molecule has 4 nitrogen and oxygen atoms in total. The van der Waals surface area contributed by atoms with Crippen LogP contribution >= 0.6 is 0 Å². The van der Waals surface area contributed by atoms with E-state index >= 15 is 0 Å². The smallest absolute Gasteiger partial charge is 0.220 e. The zero-order valence-electron chi connectivity index (χ0n) is 20.0. The Balaban J connectivity index is 1.03. The Morgan fingerprint density at radius 2 is 0.750 bits per heavy atom. The molecule has 4 aromatic rings. The van der Waals surface area contributed by atoms with Gasteiger partial charge in [-0.2, -0.15) is 0 Å². The number of hydrogen-bond acceptors (Lipinski definition) is 2. The van der Waals surface area contributed by atoms with Gasteiger partial charge in [0.2, 0.25) is 11.8 Å². The fourth-order valence-corrected chi connectivity index (χ4v) is 5.66. The number of carbonyl (C=O) groups excluding carboxylic acids is 2. The monoisotopic (exact) mass is 472 g/mol. The summed E-state index contributed by atoms with van der Waals surface area (Å²) in [6.45, 7) is 0. The molecular weight excluding hydrogens is 444 g/mol. The molecule has 2 aliphatic carbocycles. The number of hydrogen-bond donors (Lipinski definition) is 2. The molecule has 0 fully saturated rings. The first-order chi connectivity index (χ1) is 17.7. The lowest BCUT2D eigenvalue weighted by atomic mass is 10.0. The second-order valence-corrected chi connectivity index (χ2v) is 9.56. The molecule has 36 heavy (non-hydrogen) atoms. The summed E-state index contributed by atoms with van der Waals surface area (Å²) in [5.41, 5.74) is 9.31. The Labute approximate surface area is 211 Å². The molecule has 0 radical (unpaired) electrons. The van der Waals surface area contributed by atoms with Crippen LogP contribution in [0.5, 0.6) is 0 Å². The topological polar surface area (TPSA) is 58.2 Å². The first kappa shape index (κ1) is 22.3. The maximum absolute atomic E-state index is 12.8. The highest BCUT2D eigenvalue weighted by atomic mass is 16.2. The third kappa shape index (κ3) is 3.99. The number of benzene rings is 4. The maximum atomic E-state index is 12.8. The molecule has 0 bridgehead atoms. The molecule has 2 amide bonds. The van der Waals surface area contributed by atoms with Gasteiger partial charge >= 0.3 is 0 Å². The van der Waals surface area contributed by atoms with E-state index in [1.165, 1.54) is 22.3 Å². The van der Waals surface area contributed by atoms with Crippen molar-refractivity contribution in [3.05, 3.63) is 119 Å². The lowest BCUT2D eigenvalue weighted by Gasteiger charge is -2.17. The van der Waals surface area contributed by atoms with E-state index in [2.05, 4.69) is 59.2 Å². The second-order valence-electron chi connectivity index (χ2n) is 9.56. The minimum Gasteiger partial charge on any atom is -0.345 e. The summed E-state index contributed by atoms with van der Waals surface area (Å²) in [4.78, 5) is 25.6. The van der Waals surface area contributed by atoms with Crippen molar-refractivity contribution in [1.82, 2.24) is 10.6 Å². The van der Waals surface area contributed by atoms with Crippen molar-refractivity contribution in [3.8, 4) is 22.3 Å². The summed E-state index contributed by atoms with van der Waals surface area (Å²) in [7, 11) is 0. The van der Waals surface area contributed by atoms with E-state index in [9.17, 15) is 9.59 Å². The first-order valence-electron chi connectivity index (χ1n) is 12.7. The normalized spacial score (nSPS) is 13.4. The van der Waals surface area contributed by atoms with Crippen LogP contribution < -0.4 is 10.6 Å². The minimum absolute atomic E-state index is 0.0190. The quantitative estimate of drug-likeness (QED) is 0.309. The Morgan fingerprint density at radius 3 is 1.06 bits per heavy atom. The standard InChI is InChI=1S/C32H28N2O2/c35-29(33-31-25-15-5-1-11-21(25)22-12-2-6-16-26(22)31)19-9-10-20-30(36)34-32-27-17-7-3-13-23(27)24-14-4-8-18-28(24)32/h1-8,11-18,31-32H,9-10,19-20H2,(H,33,35)(H,34,36). The van der Waals surface area contributed by atoms with Crippen molar-refractivity contribution in [1.29, 1.82) is 0 Å². The highest BCUT2D eigenvalue weighted by Crippen LogP contribution is 2.44. The van der Waals surface area contributed by atoms with Gasteiger partial charge in [-0.25, -0.2) is 0 Å².